The number of hydrogen-bond acceptors (Lipinski definition) is 4. The first-order valence-electron chi connectivity index (χ1n) is 16.8. The van der Waals surface area contributed by atoms with Crippen molar-refractivity contribution in [3.8, 4) is 45.1 Å². The molecule has 1 spiro atoms. The molecule has 1 aromatic heterocycles. The van der Waals surface area contributed by atoms with E-state index in [0.29, 0.717) is 18.0 Å². The van der Waals surface area contributed by atoms with Crippen molar-refractivity contribution in [2.75, 3.05) is 0 Å². The van der Waals surface area contributed by atoms with Crippen LogP contribution in [0.1, 0.15) is 46.2 Å². The number of nitrogens with zero attached hydrogens (tertiary/aromatic N) is 2. The molecule has 1 aliphatic carbocycles. The topological polar surface area (TPSA) is 44.2 Å². The summed E-state index contributed by atoms with van der Waals surface area (Å²) in [4.78, 5) is 10.1. The maximum Gasteiger partial charge on any atom is 0.195 e. The SMILES string of the molecule is C1=C(c2nc(-c3ccccc3)cc(-c3ccccc3)n2)OC(c2cccc3c2Oc2ccccc2C32c3ccccc3-c3ccccc32)C1. The van der Waals surface area contributed by atoms with Crippen LogP contribution in [-0.2, 0) is 10.2 Å². The van der Waals surface area contributed by atoms with E-state index in [-0.39, 0.29) is 6.10 Å². The molecule has 10 rings (SSSR count). The molecule has 0 saturated carbocycles. The van der Waals surface area contributed by atoms with Crippen LogP contribution in [0.3, 0.4) is 0 Å². The summed E-state index contributed by atoms with van der Waals surface area (Å²) in [6.07, 6.45) is 2.54. The van der Waals surface area contributed by atoms with Crippen molar-refractivity contribution < 1.29 is 9.47 Å². The normalized spacial score (nSPS) is 16.1. The maximum atomic E-state index is 6.90. The molecule has 4 heteroatoms. The molecule has 0 fully saturated rings. The van der Waals surface area contributed by atoms with E-state index in [1.54, 1.807) is 0 Å². The molecule has 2 aliphatic heterocycles. The number of aromatic nitrogens is 2. The molecule has 49 heavy (non-hydrogen) atoms. The van der Waals surface area contributed by atoms with Crippen LogP contribution < -0.4 is 4.74 Å². The zero-order valence-electron chi connectivity index (χ0n) is 26.6. The van der Waals surface area contributed by atoms with Crippen molar-refractivity contribution in [1.82, 2.24) is 9.97 Å². The monoisotopic (exact) mass is 630 g/mol. The smallest absolute Gasteiger partial charge is 0.195 e. The van der Waals surface area contributed by atoms with E-state index in [2.05, 4.69) is 127 Å². The predicted molar refractivity (Wildman–Crippen MR) is 193 cm³/mol. The lowest BCUT2D eigenvalue weighted by molar-refractivity contribution is 0.189. The van der Waals surface area contributed by atoms with Crippen LogP contribution in [0.15, 0.2) is 164 Å². The van der Waals surface area contributed by atoms with Gasteiger partial charge in [0.2, 0.25) is 0 Å². The van der Waals surface area contributed by atoms with Gasteiger partial charge in [-0.25, -0.2) is 9.97 Å². The van der Waals surface area contributed by atoms with Crippen LogP contribution in [0.4, 0.5) is 0 Å². The number of ether oxygens (including phenoxy) is 2. The molecular weight excluding hydrogens is 601 g/mol. The summed E-state index contributed by atoms with van der Waals surface area (Å²) in [6, 6.07) is 55.2. The van der Waals surface area contributed by atoms with E-state index in [1.165, 1.54) is 22.3 Å². The molecule has 1 unspecified atom stereocenters. The Labute approximate surface area is 285 Å². The van der Waals surface area contributed by atoms with Gasteiger partial charge in [0, 0.05) is 34.2 Å². The van der Waals surface area contributed by atoms with Crippen molar-refractivity contribution in [2.45, 2.75) is 17.9 Å². The second-order valence-electron chi connectivity index (χ2n) is 12.8. The summed E-state index contributed by atoms with van der Waals surface area (Å²) in [5.74, 6) is 2.98. The second kappa shape index (κ2) is 10.9. The Kier molecular flexibility index (Phi) is 6.18. The van der Waals surface area contributed by atoms with Crippen molar-refractivity contribution in [2.24, 2.45) is 0 Å². The van der Waals surface area contributed by atoms with Crippen molar-refractivity contribution in [1.29, 1.82) is 0 Å². The van der Waals surface area contributed by atoms with Crippen molar-refractivity contribution in [3.63, 3.8) is 0 Å². The average Bonchev–Trinajstić information content (AvgIpc) is 3.78. The highest BCUT2D eigenvalue weighted by atomic mass is 16.5. The third-order valence-corrected chi connectivity index (χ3v) is 10.1. The van der Waals surface area contributed by atoms with Crippen LogP contribution in [0.5, 0.6) is 11.5 Å². The average molecular weight is 631 g/mol. The molecule has 232 valence electrons. The van der Waals surface area contributed by atoms with Crippen LogP contribution in [0, 0.1) is 0 Å². The van der Waals surface area contributed by atoms with Gasteiger partial charge in [0.1, 0.15) is 17.6 Å². The highest BCUT2D eigenvalue weighted by Crippen LogP contribution is 2.63. The van der Waals surface area contributed by atoms with Crippen molar-refractivity contribution in [3.05, 3.63) is 197 Å². The first kappa shape index (κ1) is 27.8. The fourth-order valence-corrected chi connectivity index (χ4v) is 8.02. The Hall–Kier alpha value is -6.26. The Morgan fingerprint density at radius 2 is 1.08 bits per heavy atom. The van der Waals surface area contributed by atoms with E-state index >= 15 is 0 Å². The van der Waals surface area contributed by atoms with Gasteiger partial charge >= 0.3 is 0 Å². The quantitative estimate of drug-likeness (QED) is 0.194. The zero-order chi connectivity index (χ0) is 32.4. The minimum Gasteiger partial charge on any atom is -0.482 e. The zero-order valence-corrected chi connectivity index (χ0v) is 26.6. The molecule has 0 radical (unpaired) electrons. The van der Waals surface area contributed by atoms with Gasteiger partial charge < -0.3 is 9.47 Å². The number of hydrogen-bond donors (Lipinski definition) is 0. The van der Waals surface area contributed by atoms with Crippen molar-refractivity contribution >= 4 is 5.76 Å². The summed E-state index contributed by atoms with van der Waals surface area (Å²) in [6.45, 7) is 0. The fraction of sp³-hybridized carbons (Fsp3) is 0.0667. The molecule has 0 saturated heterocycles. The minimum absolute atomic E-state index is 0.261. The molecule has 7 aromatic rings. The highest BCUT2D eigenvalue weighted by molar-refractivity contribution is 5.88. The third kappa shape index (κ3) is 4.17. The van der Waals surface area contributed by atoms with E-state index in [9.17, 15) is 0 Å². The molecule has 6 aromatic carbocycles. The van der Waals surface area contributed by atoms with Crippen LogP contribution in [0.25, 0.3) is 39.4 Å². The second-order valence-corrected chi connectivity index (χ2v) is 12.8. The molecule has 0 amide bonds. The molecule has 1 atom stereocenters. The predicted octanol–water partition coefficient (Wildman–Crippen LogP) is 10.8. The van der Waals surface area contributed by atoms with E-state index in [1.807, 2.05) is 36.4 Å². The third-order valence-electron chi connectivity index (χ3n) is 10.1. The summed E-state index contributed by atoms with van der Waals surface area (Å²) >= 11 is 0. The Morgan fingerprint density at radius 1 is 0.531 bits per heavy atom. The molecule has 0 N–H and O–H groups in total. The number of rotatable bonds is 4. The van der Waals surface area contributed by atoms with E-state index < -0.39 is 5.41 Å². The van der Waals surface area contributed by atoms with Gasteiger partial charge in [-0.3, -0.25) is 0 Å². The number of para-hydroxylation sites is 2. The van der Waals surface area contributed by atoms with Gasteiger partial charge in [-0.2, -0.15) is 0 Å². The summed E-state index contributed by atoms with van der Waals surface area (Å²) < 4.78 is 13.7. The Bertz CT molecular complexity index is 2330. The number of benzene rings is 6. The van der Waals surface area contributed by atoms with Gasteiger partial charge in [0.05, 0.1) is 16.8 Å². The van der Waals surface area contributed by atoms with Gasteiger partial charge in [-0.1, -0.05) is 146 Å². The summed E-state index contributed by atoms with van der Waals surface area (Å²) in [7, 11) is 0. The Balaban J connectivity index is 1.09. The molecule has 4 nitrogen and oxygen atoms in total. The maximum absolute atomic E-state index is 6.90. The minimum atomic E-state index is -0.514. The van der Waals surface area contributed by atoms with Gasteiger partial charge in [0.25, 0.3) is 0 Å². The number of fused-ring (bicyclic) bond motifs is 9. The lowest BCUT2D eigenvalue weighted by atomic mass is 9.65. The molecule has 3 aliphatic rings. The fourth-order valence-electron chi connectivity index (χ4n) is 8.02. The van der Waals surface area contributed by atoms with Crippen LogP contribution >= 0.6 is 0 Å². The molecule has 3 heterocycles. The standard InChI is InChI=1S/C45H30N2O2/c1-3-14-29(15-4-1)38-28-39(30-16-5-2-6-17-30)47-44(46-38)42-27-26-40(48-42)33-20-13-24-37-43(33)49-41-25-12-11-23-36(41)45(37)34-21-9-7-18-31(34)32-19-8-10-22-35(32)45/h1-25,27-28,40H,26H2. The van der Waals surface area contributed by atoms with Gasteiger partial charge in [-0.05, 0) is 40.5 Å². The van der Waals surface area contributed by atoms with Crippen LogP contribution in [-0.4, -0.2) is 9.97 Å². The summed E-state index contributed by atoms with van der Waals surface area (Å²) in [5.41, 5.74) is 11.6. The lowest BCUT2D eigenvalue weighted by Crippen LogP contribution is -2.32. The molecule has 0 bridgehead atoms. The van der Waals surface area contributed by atoms with E-state index in [4.69, 9.17) is 19.4 Å². The largest absolute Gasteiger partial charge is 0.482 e. The first-order chi connectivity index (χ1) is 24.3. The van der Waals surface area contributed by atoms with Gasteiger partial charge in [0.15, 0.2) is 11.6 Å². The molecular formula is C45H30N2O2. The lowest BCUT2D eigenvalue weighted by Gasteiger charge is -2.40. The first-order valence-corrected chi connectivity index (χ1v) is 16.8. The van der Waals surface area contributed by atoms with Crippen LogP contribution in [0.2, 0.25) is 0 Å². The van der Waals surface area contributed by atoms with E-state index in [0.717, 1.165) is 50.7 Å². The summed E-state index contributed by atoms with van der Waals surface area (Å²) in [5, 5.41) is 0. The van der Waals surface area contributed by atoms with Gasteiger partial charge in [-0.15, -0.1) is 0 Å². The highest BCUT2D eigenvalue weighted by Gasteiger charge is 2.51. The Morgan fingerprint density at radius 3 is 1.73 bits per heavy atom.